The molecule has 0 radical (unpaired) electrons. The summed E-state index contributed by atoms with van der Waals surface area (Å²) < 4.78 is 0. The van der Waals surface area contributed by atoms with Gasteiger partial charge < -0.3 is 5.73 Å². The maximum atomic E-state index is 6.24. The number of piperidine rings is 1. The van der Waals surface area contributed by atoms with E-state index in [9.17, 15) is 0 Å². The highest BCUT2D eigenvalue weighted by Crippen LogP contribution is 2.41. The molecule has 0 bridgehead atoms. The van der Waals surface area contributed by atoms with Crippen molar-refractivity contribution in [2.75, 3.05) is 19.6 Å². The van der Waals surface area contributed by atoms with Crippen molar-refractivity contribution in [2.24, 2.45) is 29.4 Å². The Labute approximate surface area is 113 Å². The molecule has 0 aromatic heterocycles. The fourth-order valence-corrected chi connectivity index (χ4v) is 4.84. The molecule has 1 heterocycles. The molecule has 18 heavy (non-hydrogen) atoms. The third-order valence-electron chi connectivity index (χ3n) is 5.18. The first-order valence-corrected chi connectivity index (χ1v) is 7.90. The SMILES string of the molecule is CC1CC(C)CN(C2(CN)CC(C)CC(C)C2)C1. The maximum absolute atomic E-state index is 6.24. The third kappa shape index (κ3) is 2.91. The summed E-state index contributed by atoms with van der Waals surface area (Å²) in [5.74, 6) is 3.35. The Balaban J connectivity index is 2.15. The van der Waals surface area contributed by atoms with Crippen LogP contribution in [0.2, 0.25) is 0 Å². The third-order valence-corrected chi connectivity index (χ3v) is 5.18. The van der Waals surface area contributed by atoms with E-state index in [1.54, 1.807) is 0 Å². The zero-order valence-corrected chi connectivity index (χ0v) is 12.8. The minimum atomic E-state index is 0.306. The van der Waals surface area contributed by atoms with Gasteiger partial charge in [-0.05, 0) is 49.4 Å². The maximum Gasteiger partial charge on any atom is 0.0337 e. The zero-order valence-electron chi connectivity index (χ0n) is 12.8. The molecule has 0 amide bonds. The van der Waals surface area contributed by atoms with Crippen molar-refractivity contribution < 1.29 is 0 Å². The number of nitrogens with two attached hydrogens (primary N) is 1. The summed E-state index contributed by atoms with van der Waals surface area (Å²) in [6.07, 6.45) is 5.41. The van der Waals surface area contributed by atoms with E-state index in [0.29, 0.717) is 5.54 Å². The molecule has 2 heteroatoms. The lowest BCUT2D eigenvalue weighted by Gasteiger charge is -2.53. The lowest BCUT2D eigenvalue weighted by Crippen LogP contribution is -2.60. The normalized spacial score (nSPS) is 47.2. The van der Waals surface area contributed by atoms with E-state index >= 15 is 0 Å². The molecule has 1 aliphatic carbocycles. The molecule has 2 aliphatic rings. The topological polar surface area (TPSA) is 29.3 Å². The van der Waals surface area contributed by atoms with Crippen LogP contribution >= 0.6 is 0 Å². The predicted octanol–water partition coefficient (Wildman–Crippen LogP) is 3.12. The molecule has 0 aromatic rings. The number of likely N-dealkylation sites (tertiary alicyclic amines) is 1. The fourth-order valence-electron chi connectivity index (χ4n) is 4.84. The second-order valence-corrected chi connectivity index (χ2v) is 7.63. The summed E-state index contributed by atoms with van der Waals surface area (Å²) in [7, 11) is 0. The summed E-state index contributed by atoms with van der Waals surface area (Å²) >= 11 is 0. The van der Waals surface area contributed by atoms with E-state index in [2.05, 4.69) is 32.6 Å². The van der Waals surface area contributed by atoms with Gasteiger partial charge in [-0.1, -0.05) is 27.7 Å². The van der Waals surface area contributed by atoms with Crippen LogP contribution in [0.5, 0.6) is 0 Å². The molecule has 2 nitrogen and oxygen atoms in total. The standard InChI is InChI=1S/C16H32N2/c1-12-5-13(2)8-16(7-12,11-17)18-9-14(3)6-15(4)10-18/h12-15H,5-11,17H2,1-4H3. The van der Waals surface area contributed by atoms with Crippen LogP contribution in [0.15, 0.2) is 0 Å². The van der Waals surface area contributed by atoms with Gasteiger partial charge in [-0.3, -0.25) is 4.90 Å². The molecule has 1 aliphatic heterocycles. The van der Waals surface area contributed by atoms with Crippen LogP contribution in [0.1, 0.15) is 53.4 Å². The van der Waals surface area contributed by atoms with E-state index in [1.165, 1.54) is 38.8 Å². The lowest BCUT2D eigenvalue weighted by molar-refractivity contribution is -0.0202. The van der Waals surface area contributed by atoms with Gasteiger partial charge in [0.25, 0.3) is 0 Å². The van der Waals surface area contributed by atoms with Crippen LogP contribution in [0.25, 0.3) is 0 Å². The van der Waals surface area contributed by atoms with Crippen molar-refractivity contribution in [3.8, 4) is 0 Å². The quantitative estimate of drug-likeness (QED) is 0.818. The second-order valence-electron chi connectivity index (χ2n) is 7.63. The first-order chi connectivity index (χ1) is 8.45. The zero-order chi connectivity index (χ0) is 13.3. The van der Waals surface area contributed by atoms with Gasteiger partial charge in [-0.25, -0.2) is 0 Å². The van der Waals surface area contributed by atoms with Crippen LogP contribution in [0.3, 0.4) is 0 Å². The van der Waals surface area contributed by atoms with E-state index in [0.717, 1.165) is 30.2 Å². The molecule has 1 saturated heterocycles. The van der Waals surface area contributed by atoms with Crippen molar-refractivity contribution in [2.45, 2.75) is 58.9 Å². The number of hydrogen-bond acceptors (Lipinski definition) is 2. The van der Waals surface area contributed by atoms with Gasteiger partial charge in [0.15, 0.2) is 0 Å². The van der Waals surface area contributed by atoms with Crippen LogP contribution in [-0.2, 0) is 0 Å². The Morgan fingerprint density at radius 1 is 0.889 bits per heavy atom. The monoisotopic (exact) mass is 252 g/mol. The molecule has 2 fully saturated rings. The van der Waals surface area contributed by atoms with Gasteiger partial charge in [0, 0.05) is 25.2 Å². The number of hydrogen-bond donors (Lipinski definition) is 1. The molecule has 1 saturated carbocycles. The first kappa shape index (κ1) is 14.3. The van der Waals surface area contributed by atoms with Crippen molar-refractivity contribution in [3.05, 3.63) is 0 Å². The molecule has 4 unspecified atom stereocenters. The second kappa shape index (κ2) is 5.50. The highest BCUT2D eigenvalue weighted by Gasteiger charge is 2.43. The summed E-state index contributed by atoms with van der Waals surface area (Å²) in [6, 6.07) is 0. The van der Waals surface area contributed by atoms with Crippen LogP contribution < -0.4 is 5.73 Å². The molecule has 0 spiro atoms. The largest absolute Gasteiger partial charge is 0.329 e. The average Bonchev–Trinajstić information content (AvgIpc) is 2.26. The lowest BCUT2D eigenvalue weighted by atomic mass is 9.69. The van der Waals surface area contributed by atoms with E-state index in [-0.39, 0.29) is 0 Å². The molecular weight excluding hydrogens is 220 g/mol. The Morgan fingerprint density at radius 3 is 1.78 bits per heavy atom. The van der Waals surface area contributed by atoms with E-state index in [4.69, 9.17) is 5.73 Å². The van der Waals surface area contributed by atoms with Gasteiger partial charge in [0.2, 0.25) is 0 Å². The van der Waals surface area contributed by atoms with Crippen LogP contribution in [0, 0.1) is 23.7 Å². The van der Waals surface area contributed by atoms with Crippen LogP contribution in [0.4, 0.5) is 0 Å². The molecule has 2 rings (SSSR count). The number of nitrogens with zero attached hydrogens (tertiary/aromatic N) is 1. The number of rotatable bonds is 2. The molecular formula is C16H32N2. The molecule has 2 N–H and O–H groups in total. The van der Waals surface area contributed by atoms with E-state index in [1.807, 2.05) is 0 Å². The fraction of sp³-hybridized carbons (Fsp3) is 1.00. The van der Waals surface area contributed by atoms with Crippen molar-refractivity contribution in [3.63, 3.8) is 0 Å². The van der Waals surface area contributed by atoms with Crippen molar-refractivity contribution in [1.82, 2.24) is 4.90 Å². The van der Waals surface area contributed by atoms with Crippen LogP contribution in [-0.4, -0.2) is 30.1 Å². The minimum absolute atomic E-state index is 0.306. The van der Waals surface area contributed by atoms with Crippen molar-refractivity contribution >= 4 is 0 Å². The van der Waals surface area contributed by atoms with Gasteiger partial charge in [0.1, 0.15) is 0 Å². The van der Waals surface area contributed by atoms with Gasteiger partial charge in [0.05, 0.1) is 0 Å². The highest BCUT2D eigenvalue weighted by atomic mass is 15.2. The Kier molecular flexibility index (Phi) is 4.38. The van der Waals surface area contributed by atoms with Gasteiger partial charge in [-0.15, -0.1) is 0 Å². The highest BCUT2D eigenvalue weighted by molar-refractivity contribution is 4.99. The summed E-state index contributed by atoms with van der Waals surface area (Å²) in [4.78, 5) is 2.76. The van der Waals surface area contributed by atoms with E-state index < -0.39 is 0 Å². The van der Waals surface area contributed by atoms with Gasteiger partial charge >= 0.3 is 0 Å². The predicted molar refractivity (Wildman–Crippen MR) is 78.5 cm³/mol. The first-order valence-electron chi connectivity index (χ1n) is 7.90. The average molecular weight is 252 g/mol. The smallest absolute Gasteiger partial charge is 0.0337 e. The van der Waals surface area contributed by atoms with Crippen molar-refractivity contribution in [1.29, 1.82) is 0 Å². The summed E-state index contributed by atoms with van der Waals surface area (Å²) in [5, 5.41) is 0. The molecule has 0 aromatic carbocycles. The molecule has 106 valence electrons. The Bertz CT molecular complexity index is 256. The van der Waals surface area contributed by atoms with Gasteiger partial charge in [-0.2, -0.15) is 0 Å². The Morgan fingerprint density at radius 2 is 1.33 bits per heavy atom. The molecule has 4 atom stereocenters. The Hall–Kier alpha value is -0.0800. The summed E-state index contributed by atoms with van der Waals surface area (Å²) in [6.45, 7) is 13.0. The summed E-state index contributed by atoms with van der Waals surface area (Å²) in [5.41, 5.74) is 6.55. The minimum Gasteiger partial charge on any atom is -0.329 e.